The minimum absolute atomic E-state index is 0.0220. The molecule has 2 N–H and O–H groups in total. The summed E-state index contributed by atoms with van der Waals surface area (Å²) in [5.74, 6) is 0.567. The van der Waals surface area contributed by atoms with Gasteiger partial charge < -0.3 is 5.32 Å². The van der Waals surface area contributed by atoms with Gasteiger partial charge in [0.15, 0.2) is 0 Å². The highest BCUT2D eigenvalue weighted by Gasteiger charge is 2.12. The van der Waals surface area contributed by atoms with Gasteiger partial charge in [-0.3, -0.25) is 9.89 Å². The summed E-state index contributed by atoms with van der Waals surface area (Å²) >= 11 is 0. The van der Waals surface area contributed by atoms with Crippen LogP contribution in [0.4, 0.5) is 0 Å². The number of hydrogen-bond donors (Lipinski definition) is 2. The predicted octanol–water partition coefficient (Wildman–Crippen LogP) is 2.66. The first-order chi connectivity index (χ1) is 8.19. The quantitative estimate of drug-likeness (QED) is 0.766. The van der Waals surface area contributed by atoms with Crippen LogP contribution < -0.4 is 5.32 Å². The Morgan fingerprint density at radius 3 is 2.82 bits per heavy atom. The Balaban J connectivity index is 2.39. The molecule has 0 spiro atoms. The molecule has 17 heavy (non-hydrogen) atoms. The number of amides is 1. The Morgan fingerprint density at radius 2 is 2.29 bits per heavy atom. The molecular formula is C13H23N3O. The zero-order chi connectivity index (χ0) is 12.7. The molecule has 0 bridgehead atoms. The number of carbonyl (C=O) groups excluding carboxylic acids is 1. The Bertz CT molecular complexity index is 346. The van der Waals surface area contributed by atoms with E-state index in [1.54, 1.807) is 6.20 Å². The van der Waals surface area contributed by atoms with Gasteiger partial charge in [0, 0.05) is 12.2 Å². The zero-order valence-electron chi connectivity index (χ0n) is 11.0. The first kappa shape index (κ1) is 13.7. The lowest BCUT2D eigenvalue weighted by Crippen LogP contribution is -2.29. The molecule has 0 aliphatic rings. The third kappa shape index (κ3) is 4.21. The SMILES string of the molecule is CCCCC(CC)CNC(=O)c1cn[nH]c1C. The van der Waals surface area contributed by atoms with E-state index >= 15 is 0 Å². The highest BCUT2D eigenvalue weighted by molar-refractivity contribution is 5.94. The number of rotatable bonds is 7. The molecule has 1 atom stereocenters. The fourth-order valence-electron chi connectivity index (χ4n) is 1.86. The molecule has 0 radical (unpaired) electrons. The third-order valence-corrected chi connectivity index (χ3v) is 3.17. The van der Waals surface area contributed by atoms with E-state index < -0.39 is 0 Å². The molecule has 1 unspecified atom stereocenters. The molecule has 1 amide bonds. The largest absolute Gasteiger partial charge is 0.352 e. The van der Waals surface area contributed by atoms with Gasteiger partial charge in [-0.15, -0.1) is 0 Å². The van der Waals surface area contributed by atoms with Crippen LogP contribution in [0.3, 0.4) is 0 Å². The van der Waals surface area contributed by atoms with E-state index in [0.29, 0.717) is 11.5 Å². The molecule has 1 heterocycles. The second-order valence-corrected chi connectivity index (χ2v) is 4.54. The van der Waals surface area contributed by atoms with E-state index in [4.69, 9.17) is 0 Å². The van der Waals surface area contributed by atoms with E-state index in [-0.39, 0.29) is 5.91 Å². The molecule has 1 aromatic rings. The van der Waals surface area contributed by atoms with E-state index in [1.807, 2.05) is 6.92 Å². The maximum atomic E-state index is 11.8. The summed E-state index contributed by atoms with van der Waals surface area (Å²) in [6.07, 6.45) is 6.34. The highest BCUT2D eigenvalue weighted by atomic mass is 16.1. The molecule has 0 fully saturated rings. The number of unbranched alkanes of at least 4 members (excludes halogenated alkanes) is 1. The van der Waals surface area contributed by atoms with Gasteiger partial charge in [-0.05, 0) is 19.3 Å². The number of aromatic amines is 1. The molecule has 1 aromatic heterocycles. The predicted molar refractivity (Wildman–Crippen MR) is 69.0 cm³/mol. The van der Waals surface area contributed by atoms with Gasteiger partial charge in [0.25, 0.3) is 5.91 Å². The normalized spacial score (nSPS) is 12.4. The van der Waals surface area contributed by atoms with Crippen molar-refractivity contribution in [1.29, 1.82) is 0 Å². The lowest BCUT2D eigenvalue weighted by atomic mass is 9.99. The van der Waals surface area contributed by atoms with Crippen molar-refractivity contribution < 1.29 is 4.79 Å². The summed E-state index contributed by atoms with van der Waals surface area (Å²) in [6, 6.07) is 0. The molecule has 0 saturated heterocycles. The maximum Gasteiger partial charge on any atom is 0.254 e. The Labute approximate surface area is 103 Å². The van der Waals surface area contributed by atoms with Crippen LogP contribution in [-0.2, 0) is 0 Å². The van der Waals surface area contributed by atoms with Crippen molar-refractivity contribution in [2.24, 2.45) is 5.92 Å². The standard InChI is InChI=1S/C13H23N3O/c1-4-6-7-11(5-2)8-14-13(17)12-9-15-16-10(12)3/h9,11H,4-8H2,1-3H3,(H,14,17)(H,15,16). The molecule has 1 rings (SSSR count). The highest BCUT2D eigenvalue weighted by Crippen LogP contribution is 2.11. The third-order valence-electron chi connectivity index (χ3n) is 3.17. The van der Waals surface area contributed by atoms with Crippen molar-refractivity contribution in [2.75, 3.05) is 6.54 Å². The lowest BCUT2D eigenvalue weighted by molar-refractivity contribution is 0.0945. The summed E-state index contributed by atoms with van der Waals surface area (Å²) in [5, 5.41) is 9.62. The molecule has 96 valence electrons. The van der Waals surface area contributed by atoms with Crippen LogP contribution in [0.5, 0.6) is 0 Å². The monoisotopic (exact) mass is 237 g/mol. The van der Waals surface area contributed by atoms with Gasteiger partial charge >= 0.3 is 0 Å². The van der Waals surface area contributed by atoms with Gasteiger partial charge in [0.05, 0.1) is 11.8 Å². The Kier molecular flexibility index (Phi) is 5.73. The van der Waals surface area contributed by atoms with Crippen molar-refractivity contribution in [3.63, 3.8) is 0 Å². The number of nitrogens with one attached hydrogen (secondary N) is 2. The molecule has 0 saturated carbocycles. The van der Waals surface area contributed by atoms with Crippen molar-refractivity contribution in [3.8, 4) is 0 Å². The van der Waals surface area contributed by atoms with Crippen LogP contribution in [0, 0.1) is 12.8 Å². The lowest BCUT2D eigenvalue weighted by Gasteiger charge is -2.14. The van der Waals surface area contributed by atoms with Gasteiger partial charge in [-0.2, -0.15) is 5.10 Å². The Hall–Kier alpha value is -1.32. The first-order valence-electron chi connectivity index (χ1n) is 6.47. The van der Waals surface area contributed by atoms with Crippen LogP contribution in [0.2, 0.25) is 0 Å². The number of H-pyrrole nitrogens is 1. The number of carbonyl (C=O) groups is 1. The average Bonchev–Trinajstić information content (AvgIpc) is 2.75. The smallest absolute Gasteiger partial charge is 0.254 e. The van der Waals surface area contributed by atoms with E-state index in [9.17, 15) is 4.79 Å². The fourth-order valence-corrected chi connectivity index (χ4v) is 1.86. The maximum absolute atomic E-state index is 11.8. The number of nitrogens with zero attached hydrogens (tertiary/aromatic N) is 1. The minimum atomic E-state index is -0.0220. The molecule has 0 aliphatic carbocycles. The number of aromatic nitrogens is 2. The second kappa shape index (κ2) is 7.09. The van der Waals surface area contributed by atoms with E-state index in [1.165, 1.54) is 19.3 Å². The Morgan fingerprint density at radius 1 is 1.53 bits per heavy atom. The van der Waals surface area contributed by atoms with Crippen LogP contribution in [0.15, 0.2) is 6.20 Å². The summed E-state index contributed by atoms with van der Waals surface area (Å²) in [6.45, 7) is 6.99. The van der Waals surface area contributed by atoms with Crippen LogP contribution in [-0.4, -0.2) is 22.6 Å². The molecular weight excluding hydrogens is 214 g/mol. The summed E-state index contributed by atoms with van der Waals surface area (Å²) < 4.78 is 0. The van der Waals surface area contributed by atoms with Crippen molar-refractivity contribution in [2.45, 2.75) is 46.5 Å². The average molecular weight is 237 g/mol. The fraction of sp³-hybridized carbons (Fsp3) is 0.692. The van der Waals surface area contributed by atoms with Crippen molar-refractivity contribution >= 4 is 5.91 Å². The molecule has 0 aliphatic heterocycles. The van der Waals surface area contributed by atoms with Crippen molar-refractivity contribution in [1.82, 2.24) is 15.5 Å². The first-order valence-corrected chi connectivity index (χ1v) is 6.47. The number of hydrogen-bond acceptors (Lipinski definition) is 2. The van der Waals surface area contributed by atoms with E-state index in [2.05, 4.69) is 29.4 Å². The molecule has 0 aromatic carbocycles. The second-order valence-electron chi connectivity index (χ2n) is 4.54. The summed E-state index contributed by atoms with van der Waals surface area (Å²) in [7, 11) is 0. The van der Waals surface area contributed by atoms with Gasteiger partial charge in [-0.25, -0.2) is 0 Å². The van der Waals surface area contributed by atoms with Crippen LogP contribution in [0.1, 0.15) is 55.6 Å². The molecule has 4 nitrogen and oxygen atoms in total. The zero-order valence-corrected chi connectivity index (χ0v) is 11.0. The topological polar surface area (TPSA) is 57.8 Å². The van der Waals surface area contributed by atoms with Crippen LogP contribution in [0.25, 0.3) is 0 Å². The van der Waals surface area contributed by atoms with Gasteiger partial charge in [0.1, 0.15) is 0 Å². The van der Waals surface area contributed by atoms with Gasteiger partial charge in [0.2, 0.25) is 0 Å². The number of aryl methyl sites for hydroxylation is 1. The van der Waals surface area contributed by atoms with Gasteiger partial charge in [-0.1, -0.05) is 33.1 Å². The summed E-state index contributed by atoms with van der Waals surface area (Å²) in [5.41, 5.74) is 1.47. The van der Waals surface area contributed by atoms with Crippen molar-refractivity contribution in [3.05, 3.63) is 17.5 Å². The van der Waals surface area contributed by atoms with E-state index in [0.717, 1.165) is 18.7 Å². The van der Waals surface area contributed by atoms with Crippen LogP contribution >= 0.6 is 0 Å². The minimum Gasteiger partial charge on any atom is -0.352 e. The summed E-state index contributed by atoms with van der Waals surface area (Å²) in [4.78, 5) is 11.8. The molecule has 4 heteroatoms.